The van der Waals surface area contributed by atoms with Gasteiger partial charge in [-0.3, -0.25) is 14.8 Å². The Morgan fingerprint density at radius 2 is 1.82 bits per heavy atom. The van der Waals surface area contributed by atoms with E-state index in [4.69, 9.17) is 29.5 Å². The second kappa shape index (κ2) is 11.7. The largest absolute Gasteiger partial charge is 0.465 e. The molecule has 5 fully saturated rings. The van der Waals surface area contributed by atoms with E-state index in [0.717, 1.165) is 85.6 Å². The Kier molecular flexibility index (Phi) is 7.36. The third-order valence-corrected chi connectivity index (χ3v) is 11.4. The van der Waals surface area contributed by atoms with Gasteiger partial charge in [0.1, 0.15) is 23.6 Å². The molecule has 3 aromatic heterocycles. The maximum absolute atomic E-state index is 17.1. The number of halogens is 1. The van der Waals surface area contributed by atoms with Gasteiger partial charge in [0.05, 0.1) is 34.7 Å². The van der Waals surface area contributed by atoms with Crippen LogP contribution in [0, 0.1) is 12.7 Å². The van der Waals surface area contributed by atoms with Crippen molar-refractivity contribution in [3.63, 3.8) is 0 Å². The number of pyridine rings is 1. The molecule has 260 valence electrons. The van der Waals surface area contributed by atoms with Crippen molar-refractivity contribution in [2.75, 3.05) is 44.3 Å². The fourth-order valence-electron chi connectivity index (χ4n) is 9.23. The van der Waals surface area contributed by atoms with Crippen molar-refractivity contribution in [3.05, 3.63) is 60.2 Å². The first-order valence-corrected chi connectivity index (χ1v) is 17.6. The number of aryl methyl sites for hydroxylation is 1. The number of rotatable bonds is 6. The molecule has 1 amide bonds. The van der Waals surface area contributed by atoms with Crippen molar-refractivity contribution in [3.8, 4) is 17.3 Å². The molecule has 0 saturated carbocycles. The van der Waals surface area contributed by atoms with Crippen LogP contribution >= 0.6 is 0 Å². The molecule has 3 atom stereocenters. The van der Waals surface area contributed by atoms with Crippen molar-refractivity contribution in [1.82, 2.24) is 34.5 Å². The van der Waals surface area contributed by atoms with Crippen LogP contribution in [0.25, 0.3) is 33.1 Å². The van der Waals surface area contributed by atoms with Crippen LogP contribution in [0.5, 0.6) is 6.01 Å². The smallest absolute Gasteiger partial charge is 0.407 e. The summed E-state index contributed by atoms with van der Waals surface area (Å²) in [4.78, 5) is 32.4. The van der Waals surface area contributed by atoms with Gasteiger partial charge in [-0.2, -0.15) is 15.1 Å². The molecule has 9 rings (SSSR count). The predicted molar refractivity (Wildman–Crippen MR) is 186 cm³/mol. The van der Waals surface area contributed by atoms with Gasteiger partial charge in [-0.05, 0) is 63.5 Å². The van der Waals surface area contributed by atoms with Gasteiger partial charge in [-0.25, -0.2) is 13.9 Å². The molecular formula is C37H41FN8O4. The minimum absolute atomic E-state index is 0.0816. The summed E-state index contributed by atoms with van der Waals surface area (Å²) in [6.45, 7) is 13.9. The third kappa shape index (κ3) is 4.96. The second-order valence-electron chi connectivity index (χ2n) is 14.8. The summed E-state index contributed by atoms with van der Waals surface area (Å²) in [5.74, 6) is -0.0632. The number of fused-ring (bicyclic) bond motifs is 5. The molecule has 2 bridgehead atoms. The fourth-order valence-corrected chi connectivity index (χ4v) is 9.23. The highest BCUT2D eigenvalue weighted by atomic mass is 19.1. The highest BCUT2D eigenvalue weighted by Gasteiger charge is 2.48. The molecule has 1 unspecified atom stereocenters. The Morgan fingerprint density at radius 1 is 1.06 bits per heavy atom. The van der Waals surface area contributed by atoms with Gasteiger partial charge < -0.3 is 19.5 Å². The lowest BCUT2D eigenvalue weighted by Gasteiger charge is -2.40. The summed E-state index contributed by atoms with van der Waals surface area (Å²) in [7, 11) is 0. The molecule has 1 aromatic carbocycles. The topological polar surface area (TPSA) is 122 Å². The van der Waals surface area contributed by atoms with Crippen LogP contribution in [-0.2, 0) is 4.74 Å². The summed E-state index contributed by atoms with van der Waals surface area (Å²) < 4.78 is 31.5. The number of benzene rings is 1. The first-order valence-electron chi connectivity index (χ1n) is 17.6. The number of piperazine rings is 1. The molecule has 5 aliphatic rings. The minimum atomic E-state index is -0.908. The summed E-state index contributed by atoms with van der Waals surface area (Å²) in [5, 5.41) is 15.8. The van der Waals surface area contributed by atoms with Gasteiger partial charge in [0, 0.05) is 49.9 Å². The second-order valence-corrected chi connectivity index (χ2v) is 14.8. The van der Waals surface area contributed by atoms with Gasteiger partial charge in [-0.1, -0.05) is 30.4 Å². The van der Waals surface area contributed by atoms with E-state index in [1.54, 1.807) is 17.3 Å². The van der Waals surface area contributed by atoms with Crippen molar-refractivity contribution in [2.24, 2.45) is 0 Å². The van der Waals surface area contributed by atoms with Gasteiger partial charge in [0.25, 0.3) is 0 Å². The van der Waals surface area contributed by atoms with E-state index in [2.05, 4.69) is 23.0 Å². The predicted octanol–water partition coefficient (Wildman–Crippen LogP) is 5.86. The average Bonchev–Trinajstić information content (AvgIpc) is 3.82. The van der Waals surface area contributed by atoms with Crippen LogP contribution in [0.3, 0.4) is 0 Å². The molecule has 4 aromatic rings. The van der Waals surface area contributed by atoms with Crippen LogP contribution < -0.4 is 9.64 Å². The van der Waals surface area contributed by atoms with E-state index < -0.39 is 11.9 Å². The lowest BCUT2D eigenvalue weighted by atomic mass is 9.92. The Balaban J connectivity index is 1.15. The Labute approximate surface area is 289 Å². The van der Waals surface area contributed by atoms with E-state index in [9.17, 15) is 9.90 Å². The van der Waals surface area contributed by atoms with Crippen molar-refractivity contribution in [2.45, 2.75) is 75.7 Å². The maximum atomic E-state index is 17.1. The van der Waals surface area contributed by atoms with Crippen molar-refractivity contribution < 1.29 is 23.8 Å². The number of anilines is 1. The van der Waals surface area contributed by atoms with E-state index in [1.807, 2.05) is 23.7 Å². The molecule has 0 spiro atoms. The minimum Gasteiger partial charge on any atom is -0.465 e. The van der Waals surface area contributed by atoms with Crippen LogP contribution in [0.2, 0.25) is 0 Å². The molecule has 8 heterocycles. The van der Waals surface area contributed by atoms with Gasteiger partial charge in [0.15, 0.2) is 12.0 Å². The monoisotopic (exact) mass is 680 g/mol. The first-order chi connectivity index (χ1) is 24.2. The van der Waals surface area contributed by atoms with E-state index in [-0.39, 0.29) is 41.1 Å². The average molecular weight is 681 g/mol. The standard InChI is InChI=1S/C37H41FN8O4/c1-21-12-37(13-22(2)17-44(37)16-21)20-50-35-41-32-27(34(42-35)43-18-24-8-9-25(19-43)45(24)36(47)48)14-39-33(31(32)38)30-23(3)7-10-28-26(30)15-40-46(28)29-6-4-5-11-49-29/h7,10,14-15,24-25,29H,1-2,4-6,8-9,11-13,16-20H2,3H3,(H,47,48)/t24-,25+,29?. The zero-order valence-electron chi connectivity index (χ0n) is 28.3. The quantitative estimate of drug-likeness (QED) is 0.248. The number of carbonyl (C=O) groups is 1. The Hall–Kier alpha value is -4.62. The van der Waals surface area contributed by atoms with Crippen LogP contribution in [-0.4, -0.2) is 103 Å². The number of hydrogen-bond acceptors (Lipinski definition) is 9. The third-order valence-electron chi connectivity index (χ3n) is 11.4. The number of nitrogens with zero attached hydrogens (tertiary/aromatic N) is 8. The first kappa shape index (κ1) is 31.4. The highest BCUT2D eigenvalue weighted by Crippen LogP contribution is 2.44. The number of hydrogen-bond donors (Lipinski definition) is 1. The molecule has 50 heavy (non-hydrogen) atoms. The molecule has 1 N–H and O–H groups in total. The van der Waals surface area contributed by atoms with Gasteiger partial charge in [-0.15, -0.1) is 0 Å². The molecule has 13 heteroatoms. The molecule has 12 nitrogen and oxygen atoms in total. The summed E-state index contributed by atoms with van der Waals surface area (Å²) in [6, 6.07) is 3.71. The Bertz CT molecular complexity index is 2040. The lowest BCUT2D eigenvalue weighted by molar-refractivity contribution is -0.0366. The van der Waals surface area contributed by atoms with E-state index in [0.29, 0.717) is 43.1 Å². The molecule has 5 aliphatic heterocycles. The summed E-state index contributed by atoms with van der Waals surface area (Å²) in [6.07, 6.45) is 8.43. The van der Waals surface area contributed by atoms with Crippen molar-refractivity contribution >= 4 is 33.7 Å². The normalized spacial score (nSPS) is 24.9. The number of aromatic nitrogens is 5. The SMILES string of the molecule is C=C1CN2CC(=C)CC2(COc2nc(N3C[C@H]4CC[C@@H](C3)N4C(=O)O)c3cnc(-c4c(C)ccc5c4cnn5C4CCCCO4)c(F)c3n2)C1. The van der Waals surface area contributed by atoms with Gasteiger partial charge in [0.2, 0.25) is 0 Å². The number of carboxylic acid groups (broad SMARTS) is 1. The zero-order chi connectivity index (χ0) is 34.3. The number of amides is 1. The zero-order valence-corrected chi connectivity index (χ0v) is 28.3. The van der Waals surface area contributed by atoms with Crippen LogP contribution in [0.4, 0.5) is 15.0 Å². The Morgan fingerprint density at radius 3 is 2.52 bits per heavy atom. The van der Waals surface area contributed by atoms with Gasteiger partial charge >= 0.3 is 12.1 Å². The molecule has 0 radical (unpaired) electrons. The number of ether oxygens (including phenoxy) is 2. The van der Waals surface area contributed by atoms with Crippen LogP contribution in [0.15, 0.2) is 48.8 Å². The summed E-state index contributed by atoms with van der Waals surface area (Å²) >= 11 is 0. The maximum Gasteiger partial charge on any atom is 0.407 e. The van der Waals surface area contributed by atoms with Crippen molar-refractivity contribution in [1.29, 1.82) is 0 Å². The highest BCUT2D eigenvalue weighted by molar-refractivity contribution is 5.99. The fraction of sp³-hybridized carbons (Fsp3) is 0.486. The van der Waals surface area contributed by atoms with E-state index >= 15 is 4.39 Å². The summed E-state index contributed by atoms with van der Waals surface area (Å²) in [5.41, 5.74) is 4.69. The van der Waals surface area contributed by atoms with E-state index in [1.165, 1.54) is 0 Å². The molecule has 5 saturated heterocycles. The molecule has 0 aliphatic carbocycles. The van der Waals surface area contributed by atoms with Crippen LogP contribution in [0.1, 0.15) is 56.7 Å². The lowest BCUT2D eigenvalue weighted by Crippen LogP contribution is -2.55. The molecular weight excluding hydrogens is 639 g/mol.